The summed E-state index contributed by atoms with van der Waals surface area (Å²) in [5.74, 6) is 0. The van der Waals surface area contributed by atoms with Crippen LogP contribution in [0.4, 0.5) is 4.79 Å². The van der Waals surface area contributed by atoms with Crippen molar-refractivity contribution in [3.8, 4) is 0 Å². The molecule has 0 aromatic rings. The number of hydrogen-bond acceptors (Lipinski definition) is 1. The Morgan fingerprint density at radius 2 is 2.44 bits per heavy atom. The highest BCUT2D eigenvalue weighted by Gasteiger charge is 2.14. The Labute approximate surface area is 53.5 Å². The first kappa shape index (κ1) is 6.01. The molecule has 1 aliphatic rings. The summed E-state index contributed by atoms with van der Waals surface area (Å²) in [5.41, 5.74) is 1.41. The van der Waals surface area contributed by atoms with Gasteiger partial charge >= 0.3 is 6.03 Å². The molecule has 0 aliphatic carbocycles. The molecule has 1 rings (SSSR count). The maximum absolute atomic E-state index is 10.5. The van der Waals surface area contributed by atoms with E-state index >= 15 is 0 Å². The lowest BCUT2D eigenvalue weighted by Crippen LogP contribution is -2.12. The summed E-state index contributed by atoms with van der Waals surface area (Å²) < 4.78 is 0. The van der Waals surface area contributed by atoms with Crippen LogP contribution in [0.5, 0.6) is 0 Å². The summed E-state index contributed by atoms with van der Waals surface area (Å²) in [7, 11) is 0. The molecule has 0 spiro atoms. The maximum atomic E-state index is 10.5. The van der Waals surface area contributed by atoms with Gasteiger partial charge in [0.05, 0.1) is 11.4 Å². The van der Waals surface area contributed by atoms with Gasteiger partial charge in [0.2, 0.25) is 0 Å². The van der Waals surface area contributed by atoms with Gasteiger partial charge in [-0.2, -0.15) is 4.99 Å². The minimum absolute atomic E-state index is 0.295. The Morgan fingerprint density at radius 1 is 1.78 bits per heavy atom. The number of nitrogens with zero attached hydrogens (tertiary/aromatic N) is 1. The third-order valence-electron chi connectivity index (χ3n) is 1.18. The van der Waals surface area contributed by atoms with Crippen LogP contribution in [0.15, 0.2) is 17.3 Å². The normalized spacial score (nSPS) is 17.7. The van der Waals surface area contributed by atoms with Crippen molar-refractivity contribution in [1.82, 2.24) is 5.32 Å². The summed E-state index contributed by atoms with van der Waals surface area (Å²) in [6.07, 6.45) is 0.761. The lowest BCUT2D eigenvalue weighted by molar-refractivity contribution is 0.253. The van der Waals surface area contributed by atoms with Gasteiger partial charge in [-0.25, -0.2) is 4.79 Å². The van der Waals surface area contributed by atoms with Crippen LogP contribution in [0.25, 0.3) is 0 Å². The van der Waals surface area contributed by atoms with Crippen LogP contribution in [0.2, 0.25) is 0 Å². The van der Waals surface area contributed by atoms with Gasteiger partial charge in [-0.05, 0) is 6.42 Å². The second-order valence-electron chi connectivity index (χ2n) is 1.82. The molecule has 0 saturated carbocycles. The Balaban J connectivity index is 2.80. The molecule has 3 nitrogen and oxygen atoms in total. The average molecular weight is 124 g/mol. The fraction of sp³-hybridized carbons (Fsp3) is 0.333. The number of urea groups is 1. The number of nitrogens with one attached hydrogen (secondary N) is 1. The first-order chi connectivity index (χ1) is 4.24. The Bertz CT molecular complexity index is 193. The van der Waals surface area contributed by atoms with Crippen molar-refractivity contribution in [3.05, 3.63) is 12.3 Å². The van der Waals surface area contributed by atoms with E-state index in [1.807, 2.05) is 6.92 Å². The van der Waals surface area contributed by atoms with Crippen LogP contribution in [-0.4, -0.2) is 11.7 Å². The largest absolute Gasteiger partial charge is 0.345 e. The number of carbonyl (C=O) groups excluding carboxylic acids is 1. The lowest BCUT2D eigenvalue weighted by atomic mass is 10.2. The monoisotopic (exact) mass is 124 g/mol. The quantitative estimate of drug-likeness (QED) is 0.558. The van der Waals surface area contributed by atoms with Crippen molar-refractivity contribution in [2.24, 2.45) is 4.99 Å². The molecule has 9 heavy (non-hydrogen) atoms. The van der Waals surface area contributed by atoms with Gasteiger partial charge in [-0.3, -0.25) is 0 Å². The third-order valence-corrected chi connectivity index (χ3v) is 1.18. The Hall–Kier alpha value is -1.12. The van der Waals surface area contributed by atoms with E-state index in [9.17, 15) is 4.79 Å². The van der Waals surface area contributed by atoms with Crippen LogP contribution in [0, 0.1) is 0 Å². The molecule has 0 aromatic heterocycles. The van der Waals surface area contributed by atoms with Crippen LogP contribution >= 0.6 is 0 Å². The molecular weight excluding hydrogens is 116 g/mol. The first-order valence-corrected chi connectivity index (χ1v) is 2.82. The fourth-order valence-corrected chi connectivity index (χ4v) is 0.712. The van der Waals surface area contributed by atoms with E-state index in [1.165, 1.54) is 0 Å². The highest BCUT2D eigenvalue weighted by atomic mass is 16.2. The zero-order valence-corrected chi connectivity index (χ0v) is 5.27. The van der Waals surface area contributed by atoms with Gasteiger partial charge in [0.15, 0.2) is 0 Å². The molecule has 0 aromatic carbocycles. The Morgan fingerprint density at radius 3 is 2.67 bits per heavy atom. The molecule has 1 N–H and O–H groups in total. The van der Waals surface area contributed by atoms with Gasteiger partial charge in [0.25, 0.3) is 0 Å². The van der Waals surface area contributed by atoms with Crippen molar-refractivity contribution < 1.29 is 4.79 Å². The van der Waals surface area contributed by atoms with Gasteiger partial charge in [0.1, 0.15) is 0 Å². The number of hydrogen-bond donors (Lipinski definition) is 1. The molecule has 1 aliphatic heterocycles. The second kappa shape index (κ2) is 2.01. The van der Waals surface area contributed by atoms with E-state index < -0.39 is 0 Å². The second-order valence-corrected chi connectivity index (χ2v) is 1.82. The molecule has 0 unspecified atom stereocenters. The van der Waals surface area contributed by atoms with Gasteiger partial charge in [-0.15, -0.1) is 0 Å². The number of rotatable bonds is 1. The number of amides is 2. The topological polar surface area (TPSA) is 41.5 Å². The first-order valence-electron chi connectivity index (χ1n) is 2.82. The highest BCUT2D eigenvalue weighted by Crippen LogP contribution is 2.03. The van der Waals surface area contributed by atoms with E-state index in [1.54, 1.807) is 0 Å². The molecule has 0 saturated heterocycles. The number of aliphatic imine (C=N–C) groups is 1. The summed E-state index contributed by atoms with van der Waals surface area (Å²) in [6, 6.07) is -0.295. The maximum Gasteiger partial charge on any atom is 0.345 e. The molecule has 0 bridgehead atoms. The highest BCUT2D eigenvalue weighted by molar-refractivity contribution is 6.12. The molecule has 0 atom stereocenters. The third kappa shape index (κ3) is 0.988. The fourth-order valence-electron chi connectivity index (χ4n) is 0.712. The summed E-state index contributed by atoms with van der Waals surface area (Å²) in [4.78, 5) is 14.1. The zero-order valence-electron chi connectivity index (χ0n) is 5.27. The van der Waals surface area contributed by atoms with Crippen LogP contribution in [0.1, 0.15) is 13.3 Å². The van der Waals surface area contributed by atoms with E-state index in [0.29, 0.717) is 5.70 Å². The van der Waals surface area contributed by atoms with Crippen LogP contribution in [0.3, 0.4) is 0 Å². The minimum atomic E-state index is -0.295. The number of allylic oxidation sites excluding steroid dienone is 1. The number of carbonyl (C=O) groups is 1. The van der Waals surface area contributed by atoms with Crippen molar-refractivity contribution in [2.45, 2.75) is 13.3 Å². The van der Waals surface area contributed by atoms with E-state index in [2.05, 4.69) is 16.9 Å². The van der Waals surface area contributed by atoms with Gasteiger partial charge < -0.3 is 5.32 Å². The molecule has 1 heterocycles. The molecule has 3 heteroatoms. The van der Waals surface area contributed by atoms with E-state index in [0.717, 1.165) is 12.1 Å². The standard InChI is InChI=1S/C6H8N2O/c1-3-5-4(2)7-6(9)8-5/h2-3H2,1H3,(H,7,9). The molecule has 48 valence electrons. The van der Waals surface area contributed by atoms with Gasteiger partial charge in [-0.1, -0.05) is 13.5 Å². The Kier molecular flexibility index (Phi) is 1.34. The lowest BCUT2D eigenvalue weighted by Gasteiger charge is -1.92. The molecule has 0 fully saturated rings. The molecule has 0 radical (unpaired) electrons. The van der Waals surface area contributed by atoms with Crippen LogP contribution in [-0.2, 0) is 0 Å². The van der Waals surface area contributed by atoms with Crippen molar-refractivity contribution >= 4 is 11.7 Å². The average Bonchev–Trinajstić information content (AvgIpc) is 2.10. The van der Waals surface area contributed by atoms with Crippen LogP contribution < -0.4 is 5.32 Å². The smallest absolute Gasteiger partial charge is 0.305 e. The summed E-state index contributed by atoms with van der Waals surface area (Å²) >= 11 is 0. The molecular formula is C6H8N2O. The summed E-state index contributed by atoms with van der Waals surface area (Å²) in [5, 5.41) is 2.48. The predicted octanol–water partition coefficient (Wildman–Crippen LogP) is 1.07. The minimum Gasteiger partial charge on any atom is -0.305 e. The van der Waals surface area contributed by atoms with E-state index in [-0.39, 0.29) is 6.03 Å². The van der Waals surface area contributed by atoms with Crippen molar-refractivity contribution in [1.29, 1.82) is 0 Å². The van der Waals surface area contributed by atoms with Crippen molar-refractivity contribution in [3.63, 3.8) is 0 Å². The predicted molar refractivity (Wildman–Crippen MR) is 35.4 cm³/mol. The zero-order chi connectivity index (χ0) is 6.85. The van der Waals surface area contributed by atoms with Crippen molar-refractivity contribution in [2.75, 3.05) is 0 Å². The molecule has 2 amide bonds. The van der Waals surface area contributed by atoms with E-state index in [4.69, 9.17) is 0 Å². The van der Waals surface area contributed by atoms with Gasteiger partial charge in [0, 0.05) is 0 Å². The SMILES string of the molecule is C=C1NC(=O)N=C1CC. The summed E-state index contributed by atoms with van der Waals surface area (Å²) in [6.45, 7) is 5.53.